The summed E-state index contributed by atoms with van der Waals surface area (Å²) in [6, 6.07) is 14.8. The Balaban J connectivity index is 2.12. The van der Waals surface area contributed by atoms with Crippen molar-refractivity contribution in [2.45, 2.75) is 26.8 Å². The Morgan fingerprint density at radius 3 is 2.38 bits per heavy atom. The molecule has 0 bridgehead atoms. The van der Waals surface area contributed by atoms with E-state index in [-0.39, 0.29) is 17.8 Å². The Morgan fingerprint density at radius 1 is 1.12 bits per heavy atom. The monoisotopic (exact) mass is 328 g/mol. The Kier molecular flexibility index (Phi) is 6.50. The summed E-state index contributed by atoms with van der Waals surface area (Å²) in [7, 11) is 0. The normalized spacial score (nSPS) is 12.2. The average Bonchev–Trinajstić information content (AvgIpc) is 2.61. The van der Waals surface area contributed by atoms with Gasteiger partial charge >= 0.3 is 0 Å². The van der Waals surface area contributed by atoms with Gasteiger partial charge in [0.1, 0.15) is 5.82 Å². The molecular weight excluding hydrogens is 303 g/mol. The molecule has 1 N–H and O–H groups in total. The molecule has 0 spiro atoms. The molecule has 2 aromatic rings. The van der Waals surface area contributed by atoms with Crippen molar-refractivity contribution in [3.05, 3.63) is 71.0 Å². The number of carbonyl (C=O) groups is 1. The van der Waals surface area contributed by atoms with E-state index in [9.17, 15) is 9.18 Å². The summed E-state index contributed by atoms with van der Waals surface area (Å²) < 4.78 is 13.7. The van der Waals surface area contributed by atoms with Gasteiger partial charge in [0.15, 0.2) is 0 Å². The van der Waals surface area contributed by atoms with Gasteiger partial charge in [-0.2, -0.15) is 0 Å². The minimum Gasteiger partial charge on any atom is -0.350 e. The number of carbonyl (C=O) groups excluding carboxylic acids is 1. The van der Waals surface area contributed by atoms with Crippen LogP contribution in [0, 0.1) is 12.7 Å². The Hall–Kier alpha value is -2.20. The van der Waals surface area contributed by atoms with Crippen LogP contribution in [-0.4, -0.2) is 30.4 Å². The largest absolute Gasteiger partial charge is 0.350 e. The third kappa shape index (κ3) is 4.42. The topological polar surface area (TPSA) is 32.3 Å². The second-order valence-corrected chi connectivity index (χ2v) is 5.82. The number of aryl methyl sites for hydroxylation is 1. The van der Waals surface area contributed by atoms with Crippen molar-refractivity contribution in [3.63, 3.8) is 0 Å². The minimum atomic E-state index is -0.356. The Bertz CT molecular complexity index is 669. The lowest BCUT2D eigenvalue weighted by molar-refractivity contribution is 0.0934. The third-order valence-electron chi connectivity index (χ3n) is 4.33. The third-order valence-corrected chi connectivity index (χ3v) is 4.33. The van der Waals surface area contributed by atoms with Gasteiger partial charge in [0, 0.05) is 12.1 Å². The van der Waals surface area contributed by atoms with E-state index in [2.05, 4.69) is 36.2 Å². The highest BCUT2D eigenvalue weighted by atomic mass is 19.1. The van der Waals surface area contributed by atoms with Gasteiger partial charge in [0.05, 0.1) is 6.04 Å². The zero-order chi connectivity index (χ0) is 17.5. The first-order valence-corrected chi connectivity index (χ1v) is 8.40. The molecule has 2 rings (SSSR count). The summed E-state index contributed by atoms with van der Waals surface area (Å²) in [4.78, 5) is 14.6. The highest BCUT2D eigenvalue weighted by Crippen LogP contribution is 2.19. The molecule has 2 aromatic carbocycles. The van der Waals surface area contributed by atoms with E-state index in [1.165, 1.54) is 6.07 Å². The molecule has 0 aliphatic heterocycles. The molecule has 1 unspecified atom stereocenters. The number of rotatable bonds is 7. The first kappa shape index (κ1) is 18.1. The van der Waals surface area contributed by atoms with Gasteiger partial charge in [0.2, 0.25) is 0 Å². The van der Waals surface area contributed by atoms with Crippen LogP contribution < -0.4 is 5.32 Å². The average molecular weight is 328 g/mol. The number of benzene rings is 2. The van der Waals surface area contributed by atoms with E-state index in [0.29, 0.717) is 17.7 Å². The first-order chi connectivity index (χ1) is 11.6. The van der Waals surface area contributed by atoms with Crippen LogP contribution in [0.15, 0.2) is 48.5 Å². The summed E-state index contributed by atoms with van der Waals surface area (Å²) in [6.07, 6.45) is 0. The maximum absolute atomic E-state index is 13.7. The minimum absolute atomic E-state index is 0.0976. The molecule has 24 heavy (non-hydrogen) atoms. The zero-order valence-corrected chi connectivity index (χ0v) is 14.6. The molecule has 0 heterocycles. The molecule has 0 saturated heterocycles. The van der Waals surface area contributed by atoms with Crippen molar-refractivity contribution < 1.29 is 9.18 Å². The number of hydrogen-bond acceptors (Lipinski definition) is 2. The molecule has 0 saturated carbocycles. The molecule has 0 fully saturated rings. The van der Waals surface area contributed by atoms with Crippen molar-refractivity contribution in [3.8, 4) is 0 Å². The van der Waals surface area contributed by atoms with E-state index >= 15 is 0 Å². The Morgan fingerprint density at radius 2 is 1.79 bits per heavy atom. The first-order valence-electron chi connectivity index (χ1n) is 8.40. The van der Waals surface area contributed by atoms with Crippen molar-refractivity contribution >= 4 is 5.91 Å². The van der Waals surface area contributed by atoms with Gasteiger partial charge in [-0.25, -0.2) is 4.39 Å². The lowest BCUT2D eigenvalue weighted by Crippen LogP contribution is -2.38. The highest BCUT2D eigenvalue weighted by molar-refractivity contribution is 5.94. The van der Waals surface area contributed by atoms with E-state index < -0.39 is 0 Å². The summed E-state index contributed by atoms with van der Waals surface area (Å²) in [5.74, 6) is -0.604. The number of amides is 1. The van der Waals surface area contributed by atoms with Crippen LogP contribution in [0.3, 0.4) is 0 Å². The molecule has 4 heteroatoms. The van der Waals surface area contributed by atoms with Gasteiger partial charge in [-0.05, 0) is 43.3 Å². The maximum atomic E-state index is 13.7. The van der Waals surface area contributed by atoms with E-state index in [0.717, 1.165) is 18.7 Å². The number of nitrogens with zero attached hydrogens (tertiary/aromatic N) is 1. The van der Waals surface area contributed by atoms with E-state index in [1.807, 2.05) is 18.2 Å². The quantitative estimate of drug-likeness (QED) is 0.835. The summed E-state index contributed by atoms with van der Waals surface area (Å²) >= 11 is 0. The molecule has 1 amide bonds. The smallest absolute Gasteiger partial charge is 0.251 e. The molecule has 0 radical (unpaired) electrons. The van der Waals surface area contributed by atoms with E-state index in [4.69, 9.17) is 0 Å². The van der Waals surface area contributed by atoms with Crippen LogP contribution in [0.5, 0.6) is 0 Å². The zero-order valence-electron chi connectivity index (χ0n) is 14.6. The van der Waals surface area contributed by atoms with Crippen molar-refractivity contribution in [2.75, 3.05) is 19.6 Å². The second kappa shape index (κ2) is 8.60. The van der Waals surface area contributed by atoms with Crippen LogP contribution in [0.2, 0.25) is 0 Å². The van der Waals surface area contributed by atoms with Gasteiger partial charge in [0.25, 0.3) is 5.91 Å². The summed E-state index contributed by atoms with van der Waals surface area (Å²) in [5, 5.41) is 2.95. The van der Waals surface area contributed by atoms with Crippen LogP contribution >= 0.6 is 0 Å². The maximum Gasteiger partial charge on any atom is 0.251 e. The van der Waals surface area contributed by atoms with Gasteiger partial charge < -0.3 is 5.32 Å². The van der Waals surface area contributed by atoms with E-state index in [1.54, 1.807) is 19.1 Å². The Labute approximate surface area is 143 Å². The molecule has 0 aliphatic rings. The summed E-state index contributed by atoms with van der Waals surface area (Å²) in [6.45, 7) is 8.17. The van der Waals surface area contributed by atoms with Crippen molar-refractivity contribution in [2.24, 2.45) is 0 Å². The second-order valence-electron chi connectivity index (χ2n) is 5.82. The number of nitrogens with one attached hydrogen (secondary N) is 1. The van der Waals surface area contributed by atoms with Gasteiger partial charge in [-0.1, -0.05) is 50.2 Å². The predicted molar refractivity (Wildman–Crippen MR) is 95.6 cm³/mol. The standard InChI is InChI=1S/C20H25FN2O/c1-4-23(5-2)19(16-9-7-6-8-10-16)14-22-20(24)17-12-11-15(3)18(21)13-17/h6-13,19H,4-5,14H2,1-3H3,(H,22,24). The fourth-order valence-corrected chi connectivity index (χ4v) is 2.82. The molecule has 0 aliphatic carbocycles. The van der Waals surface area contributed by atoms with Crippen molar-refractivity contribution in [1.82, 2.24) is 10.2 Å². The van der Waals surface area contributed by atoms with Gasteiger partial charge in [-0.3, -0.25) is 9.69 Å². The van der Waals surface area contributed by atoms with Crippen LogP contribution in [0.4, 0.5) is 4.39 Å². The molecule has 128 valence electrons. The highest BCUT2D eigenvalue weighted by Gasteiger charge is 2.19. The van der Waals surface area contributed by atoms with Gasteiger partial charge in [-0.15, -0.1) is 0 Å². The van der Waals surface area contributed by atoms with Crippen molar-refractivity contribution in [1.29, 1.82) is 0 Å². The molecule has 0 aromatic heterocycles. The fraction of sp³-hybridized carbons (Fsp3) is 0.350. The predicted octanol–water partition coefficient (Wildman–Crippen LogP) is 3.95. The SMILES string of the molecule is CCN(CC)C(CNC(=O)c1ccc(C)c(F)c1)c1ccccc1. The van der Waals surface area contributed by atoms with Crippen LogP contribution in [0.1, 0.15) is 41.4 Å². The molecule has 1 atom stereocenters. The fourth-order valence-electron chi connectivity index (χ4n) is 2.82. The summed E-state index contributed by atoms with van der Waals surface area (Å²) in [5.41, 5.74) is 2.05. The van der Waals surface area contributed by atoms with Crippen LogP contribution in [0.25, 0.3) is 0 Å². The lowest BCUT2D eigenvalue weighted by Gasteiger charge is -2.30. The molecule has 3 nitrogen and oxygen atoms in total. The molecular formula is C20H25FN2O. The lowest BCUT2D eigenvalue weighted by atomic mass is 10.0. The number of halogens is 1. The number of likely N-dealkylation sites (N-methyl/N-ethyl adjacent to an activating group) is 1. The number of hydrogen-bond donors (Lipinski definition) is 1. The van der Waals surface area contributed by atoms with Crippen LogP contribution in [-0.2, 0) is 0 Å².